The van der Waals surface area contributed by atoms with Gasteiger partial charge in [0.2, 0.25) is 0 Å². The van der Waals surface area contributed by atoms with Crippen molar-refractivity contribution in [3.63, 3.8) is 0 Å². The van der Waals surface area contributed by atoms with E-state index in [4.69, 9.17) is 4.74 Å². The Hall–Kier alpha value is -1.09. The normalized spacial score (nSPS) is 11.0. The molecule has 0 radical (unpaired) electrons. The van der Waals surface area contributed by atoms with Crippen molar-refractivity contribution in [3.8, 4) is 0 Å². The molecule has 3 heteroatoms. The Bertz CT molecular complexity index is 328. The van der Waals surface area contributed by atoms with Crippen LogP contribution < -0.4 is 0 Å². The van der Waals surface area contributed by atoms with Gasteiger partial charge >= 0.3 is 0 Å². The molecule has 0 saturated heterocycles. The van der Waals surface area contributed by atoms with E-state index >= 15 is 0 Å². The number of hydrogen-bond acceptors (Lipinski definition) is 2. The van der Waals surface area contributed by atoms with Gasteiger partial charge < -0.3 is 9.30 Å². The molecule has 0 saturated carbocycles. The number of nitrogens with zero attached hydrogens (tertiary/aromatic N) is 1. The largest absolute Gasteiger partial charge is 0.382 e. The molecule has 0 bridgehead atoms. The molecule has 0 amide bonds. The number of ether oxygens (including phenoxy) is 1. The Morgan fingerprint density at radius 3 is 2.88 bits per heavy atom. The van der Waals surface area contributed by atoms with E-state index in [-0.39, 0.29) is 11.7 Å². The van der Waals surface area contributed by atoms with Crippen LogP contribution in [0.4, 0.5) is 0 Å². The summed E-state index contributed by atoms with van der Waals surface area (Å²) in [5, 5.41) is 0. The first-order valence-electron chi connectivity index (χ1n) is 5.93. The third-order valence-corrected chi connectivity index (χ3v) is 2.47. The van der Waals surface area contributed by atoms with Gasteiger partial charge in [-0.05, 0) is 19.4 Å². The second-order valence-corrected chi connectivity index (χ2v) is 4.21. The van der Waals surface area contributed by atoms with Gasteiger partial charge in [0.25, 0.3) is 0 Å². The molecule has 0 aliphatic rings. The van der Waals surface area contributed by atoms with Crippen molar-refractivity contribution in [3.05, 3.63) is 24.0 Å². The van der Waals surface area contributed by atoms with Crippen LogP contribution in [0.1, 0.15) is 37.6 Å². The van der Waals surface area contributed by atoms with E-state index in [1.165, 1.54) is 0 Å². The zero-order valence-electron chi connectivity index (χ0n) is 10.4. The Morgan fingerprint density at radius 1 is 1.50 bits per heavy atom. The van der Waals surface area contributed by atoms with Crippen molar-refractivity contribution in [1.29, 1.82) is 0 Å². The van der Waals surface area contributed by atoms with Crippen LogP contribution in [0, 0.1) is 5.92 Å². The van der Waals surface area contributed by atoms with Gasteiger partial charge in [0.1, 0.15) is 0 Å². The van der Waals surface area contributed by atoms with Crippen LogP contribution >= 0.6 is 0 Å². The summed E-state index contributed by atoms with van der Waals surface area (Å²) in [5.74, 6) is 0.280. The van der Waals surface area contributed by atoms with Gasteiger partial charge in [0.05, 0.1) is 0 Å². The van der Waals surface area contributed by atoms with Crippen LogP contribution in [0.3, 0.4) is 0 Å². The number of ketones is 1. The molecule has 0 atom stereocenters. The lowest BCUT2D eigenvalue weighted by molar-refractivity contribution is 0.0939. The number of carbonyl (C=O) groups is 1. The quantitative estimate of drug-likeness (QED) is 0.525. The molecule has 0 unspecified atom stereocenters. The molecule has 1 heterocycles. The predicted molar refractivity (Wildman–Crippen MR) is 64.7 cm³/mol. The van der Waals surface area contributed by atoms with Gasteiger partial charge in [-0.25, -0.2) is 0 Å². The zero-order chi connectivity index (χ0) is 12.0. The molecule has 0 aliphatic heterocycles. The van der Waals surface area contributed by atoms with Gasteiger partial charge in [-0.15, -0.1) is 0 Å². The van der Waals surface area contributed by atoms with E-state index in [9.17, 15) is 4.79 Å². The molecular weight excluding hydrogens is 202 g/mol. The van der Waals surface area contributed by atoms with E-state index in [0.29, 0.717) is 0 Å². The number of rotatable bonds is 7. The summed E-state index contributed by atoms with van der Waals surface area (Å²) in [5.41, 5.74) is 0.811. The minimum absolute atomic E-state index is 0.0688. The Labute approximate surface area is 97.4 Å². The number of hydrogen-bond donors (Lipinski definition) is 0. The van der Waals surface area contributed by atoms with Crippen molar-refractivity contribution in [1.82, 2.24) is 4.57 Å². The Balaban J connectivity index is 2.42. The summed E-state index contributed by atoms with van der Waals surface area (Å²) in [7, 11) is 0. The SMILES string of the molecule is CCOCCCn1ccc(C(=O)C(C)C)c1. The Kier molecular flexibility index (Phi) is 5.26. The second-order valence-electron chi connectivity index (χ2n) is 4.21. The second kappa shape index (κ2) is 6.48. The highest BCUT2D eigenvalue weighted by Crippen LogP contribution is 2.09. The maximum absolute atomic E-state index is 11.7. The van der Waals surface area contributed by atoms with E-state index in [1.807, 2.05) is 39.2 Å². The lowest BCUT2D eigenvalue weighted by Crippen LogP contribution is -2.06. The van der Waals surface area contributed by atoms with Gasteiger partial charge in [0.15, 0.2) is 5.78 Å². The van der Waals surface area contributed by atoms with Crippen LogP contribution in [0.5, 0.6) is 0 Å². The minimum Gasteiger partial charge on any atom is -0.382 e. The highest BCUT2D eigenvalue weighted by Gasteiger charge is 2.11. The Morgan fingerprint density at radius 2 is 2.25 bits per heavy atom. The minimum atomic E-state index is 0.0688. The van der Waals surface area contributed by atoms with E-state index in [0.717, 1.165) is 31.7 Å². The monoisotopic (exact) mass is 223 g/mol. The number of carbonyl (C=O) groups excluding carboxylic acids is 1. The van der Waals surface area contributed by atoms with Crippen molar-refractivity contribution in [2.24, 2.45) is 5.92 Å². The molecule has 90 valence electrons. The van der Waals surface area contributed by atoms with Gasteiger partial charge in [-0.2, -0.15) is 0 Å². The van der Waals surface area contributed by atoms with Crippen LogP contribution in [0.2, 0.25) is 0 Å². The molecule has 0 N–H and O–H groups in total. The predicted octanol–water partition coefficient (Wildman–Crippen LogP) is 2.75. The van der Waals surface area contributed by atoms with Crippen molar-refractivity contribution in [2.45, 2.75) is 33.7 Å². The fourth-order valence-corrected chi connectivity index (χ4v) is 1.55. The average molecular weight is 223 g/mol. The van der Waals surface area contributed by atoms with Gasteiger partial charge in [-0.1, -0.05) is 13.8 Å². The summed E-state index contributed by atoms with van der Waals surface area (Å²) in [6, 6.07) is 1.89. The number of aromatic nitrogens is 1. The van der Waals surface area contributed by atoms with Crippen LogP contribution in [-0.2, 0) is 11.3 Å². The highest BCUT2D eigenvalue weighted by atomic mass is 16.5. The molecule has 1 aromatic heterocycles. The fraction of sp³-hybridized carbons (Fsp3) is 0.615. The lowest BCUT2D eigenvalue weighted by atomic mass is 10.0. The molecule has 3 nitrogen and oxygen atoms in total. The van der Waals surface area contributed by atoms with Crippen LogP contribution in [0.15, 0.2) is 18.5 Å². The molecule has 1 rings (SSSR count). The molecule has 0 aliphatic carbocycles. The molecule has 16 heavy (non-hydrogen) atoms. The number of aryl methyl sites for hydroxylation is 1. The molecular formula is C13H21NO2. The topological polar surface area (TPSA) is 31.2 Å². The maximum Gasteiger partial charge on any atom is 0.166 e. The first-order chi connectivity index (χ1) is 7.65. The third kappa shape index (κ3) is 3.81. The fourth-order valence-electron chi connectivity index (χ4n) is 1.55. The molecule has 1 aromatic rings. The summed E-state index contributed by atoms with van der Waals surface area (Å²) < 4.78 is 7.32. The highest BCUT2D eigenvalue weighted by molar-refractivity contribution is 5.97. The average Bonchev–Trinajstić information content (AvgIpc) is 2.72. The van der Waals surface area contributed by atoms with E-state index in [2.05, 4.69) is 4.57 Å². The summed E-state index contributed by atoms with van der Waals surface area (Å²) >= 11 is 0. The molecule has 0 aromatic carbocycles. The van der Waals surface area contributed by atoms with Gasteiger partial charge in [0, 0.05) is 43.6 Å². The third-order valence-electron chi connectivity index (χ3n) is 2.47. The first-order valence-corrected chi connectivity index (χ1v) is 5.93. The summed E-state index contributed by atoms with van der Waals surface area (Å²) in [4.78, 5) is 11.7. The first kappa shape index (κ1) is 13.0. The summed E-state index contributed by atoms with van der Waals surface area (Å²) in [6.07, 6.45) is 4.87. The van der Waals surface area contributed by atoms with Crippen molar-refractivity contribution in [2.75, 3.05) is 13.2 Å². The van der Waals surface area contributed by atoms with Crippen molar-refractivity contribution >= 4 is 5.78 Å². The van der Waals surface area contributed by atoms with E-state index in [1.54, 1.807) is 0 Å². The standard InChI is InChI=1S/C13H21NO2/c1-4-16-9-5-7-14-8-6-12(10-14)13(15)11(2)3/h6,8,10-11H,4-5,7,9H2,1-3H3. The smallest absolute Gasteiger partial charge is 0.166 e. The summed E-state index contributed by atoms with van der Waals surface area (Å²) in [6.45, 7) is 8.30. The zero-order valence-corrected chi connectivity index (χ0v) is 10.4. The van der Waals surface area contributed by atoms with Gasteiger partial charge in [-0.3, -0.25) is 4.79 Å². The maximum atomic E-state index is 11.7. The lowest BCUT2D eigenvalue weighted by Gasteiger charge is -2.03. The molecule has 0 spiro atoms. The molecule has 0 fully saturated rings. The number of Topliss-reactive ketones (excluding diaryl/α,β-unsaturated/α-hetero) is 1. The van der Waals surface area contributed by atoms with Crippen molar-refractivity contribution < 1.29 is 9.53 Å². The van der Waals surface area contributed by atoms with E-state index < -0.39 is 0 Å². The van der Waals surface area contributed by atoms with Crippen LogP contribution in [-0.4, -0.2) is 23.6 Å². The van der Waals surface area contributed by atoms with Crippen LogP contribution in [0.25, 0.3) is 0 Å².